The molecule has 1 heteroatoms. The third-order valence-electron chi connectivity index (χ3n) is 3.93. The molecule has 0 heterocycles. The molecule has 1 aromatic carbocycles. The molecule has 0 aromatic heterocycles. The molecule has 1 N–H and O–H groups in total. The Morgan fingerprint density at radius 1 is 1.24 bits per heavy atom. The monoisotopic (exact) mass is 231 g/mol. The number of benzene rings is 1. The van der Waals surface area contributed by atoms with Crippen molar-refractivity contribution in [3.63, 3.8) is 0 Å². The second kappa shape index (κ2) is 5.68. The second-order valence-electron chi connectivity index (χ2n) is 5.82. The van der Waals surface area contributed by atoms with Gasteiger partial charge in [-0.1, -0.05) is 38.1 Å². The van der Waals surface area contributed by atoms with Crippen LogP contribution in [0.5, 0.6) is 0 Å². The molecule has 1 unspecified atom stereocenters. The maximum Gasteiger partial charge on any atom is 0.00683 e. The smallest absolute Gasteiger partial charge is 0.00683 e. The van der Waals surface area contributed by atoms with E-state index in [1.165, 1.54) is 36.9 Å². The van der Waals surface area contributed by atoms with Crippen molar-refractivity contribution in [2.45, 2.75) is 46.1 Å². The molecule has 0 amide bonds. The van der Waals surface area contributed by atoms with Crippen LogP contribution in [0, 0.1) is 18.8 Å². The molecule has 0 radical (unpaired) electrons. The summed E-state index contributed by atoms with van der Waals surface area (Å²) in [6.45, 7) is 8.09. The topological polar surface area (TPSA) is 12.0 Å². The first-order chi connectivity index (χ1) is 8.16. The van der Waals surface area contributed by atoms with Crippen LogP contribution in [-0.4, -0.2) is 12.6 Å². The van der Waals surface area contributed by atoms with Crippen LogP contribution in [0.25, 0.3) is 0 Å². The molecule has 1 atom stereocenters. The quantitative estimate of drug-likeness (QED) is 0.789. The van der Waals surface area contributed by atoms with E-state index in [1.54, 1.807) is 0 Å². The lowest BCUT2D eigenvalue weighted by molar-refractivity contribution is 0.359. The van der Waals surface area contributed by atoms with Gasteiger partial charge in [0.15, 0.2) is 0 Å². The predicted octanol–water partition coefficient (Wildman–Crippen LogP) is 3.56. The number of aryl methyl sites for hydroxylation is 1. The zero-order chi connectivity index (χ0) is 12.3. The molecule has 17 heavy (non-hydrogen) atoms. The van der Waals surface area contributed by atoms with Gasteiger partial charge in [-0.05, 0) is 55.7 Å². The van der Waals surface area contributed by atoms with Gasteiger partial charge in [0.05, 0.1) is 0 Å². The molecule has 2 rings (SSSR count). The highest BCUT2D eigenvalue weighted by molar-refractivity contribution is 5.26. The van der Waals surface area contributed by atoms with Crippen LogP contribution >= 0.6 is 0 Å². The highest BCUT2D eigenvalue weighted by atomic mass is 14.9. The van der Waals surface area contributed by atoms with Crippen LogP contribution in [0.1, 0.15) is 37.8 Å². The Morgan fingerprint density at radius 2 is 1.94 bits per heavy atom. The summed E-state index contributed by atoms with van der Waals surface area (Å²) in [6, 6.07) is 9.62. The lowest BCUT2D eigenvalue weighted by atomic mass is 9.87. The molecule has 1 aliphatic carbocycles. The lowest BCUT2D eigenvalue weighted by Gasteiger charge is -2.22. The summed E-state index contributed by atoms with van der Waals surface area (Å²) in [6.07, 6.45) is 3.98. The van der Waals surface area contributed by atoms with E-state index in [9.17, 15) is 0 Å². The van der Waals surface area contributed by atoms with E-state index < -0.39 is 0 Å². The predicted molar refractivity (Wildman–Crippen MR) is 74.2 cm³/mol. The summed E-state index contributed by atoms with van der Waals surface area (Å²) in [4.78, 5) is 0. The van der Waals surface area contributed by atoms with Crippen LogP contribution in [0.4, 0.5) is 0 Å². The van der Waals surface area contributed by atoms with Gasteiger partial charge < -0.3 is 5.32 Å². The second-order valence-corrected chi connectivity index (χ2v) is 5.82. The zero-order valence-electron chi connectivity index (χ0n) is 11.4. The molecular formula is C16H25N. The summed E-state index contributed by atoms with van der Waals surface area (Å²) in [5.74, 6) is 1.51. The number of hydrogen-bond donors (Lipinski definition) is 1. The SMILES string of the molecule is Cc1ccccc1CC(CNC1CC1)C(C)C. The van der Waals surface area contributed by atoms with E-state index in [0.29, 0.717) is 0 Å². The Kier molecular flexibility index (Phi) is 4.22. The Balaban J connectivity index is 1.93. The molecule has 1 nitrogen and oxygen atoms in total. The molecule has 1 fully saturated rings. The van der Waals surface area contributed by atoms with Gasteiger partial charge in [-0.2, -0.15) is 0 Å². The van der Waals surface area contributed by atoms with Crippen molar-refractivity contribution in [3.05, 3.63) is 35.4 Å². The Hall–Kier alpha value is -0.820. The first-order valence-corrected chi connectivity index (χ1v) is 6.94. The van der Waals surface area contributed by atoms with Gasteiger partial charge in [-0.25, -0.2) is 0 Å². The van der Waals surface area contributed by atoms with E-state index in [4.69, 9.17) is 0 Å². The molecular weight excluding hydrogens is 206 g/mol. The molecule has 94 valence electrons. The maximum absolute atomic E-state index is 3.68. The van der Waals surface area contributed by atoms with E-state index >= 15 is 0 Å². The van der Waals surface area contributed by atoms with Crippen LogP contribution in [-0.2, 0) is 6.42 Å². The van der Waals surface area contributed by atoms with Gasteiger partial charge in [0.25, 0.3) is 0 Å². The number of nitrogens with one attached hydrogen (secondary N) is 1. The standard InChI is InChI=1S/C16H25N/c1-12(2)15(11-17-16-8-9-16)10-14-7-5-4-6-13(14)3/h4-7,12,15-17H,8-11H2,1-3H3. The average Bonchev–Trinajstić information content (AvgIpc) is 3.10. The van der Waals surface area contributed by atoms with Crippen LogP contribution in [0.2, 0.25) is 0 Å². The zero-order valence-corrected chi connectivity index (χ0v) is 11.4. The first-order valence-electron chi connectivity index (χ1n) is 6.94. The van der Waals surface area contributed by atoms with Gasteiger partial charge in [0.2, 0.25) is 0 Å². The van der Waals surface area contributed by atoms with Gasteiger partial charge >= 0.3 is 0 Å². The molecule has 1 aliphatic rings. The van der Waals surface area contributed by atoms with Crippen molar-refractivity contribution >= 4 is 0 Å². The average molecular weight is 231 g/mol. The Bertz CT molecular complexity index is 352. The minimum Gasteiger partial charge on any atom is -0.314 e. The van der Waals surface area contributed by atoms with Crippen molar-refractivity contribution < 1.29 is 0 Å². The Labute approximate surface area is 106 Å². The highest BCUT2D eigenvalue weighted by Crippen LogP contribution is 2.22. The van der Waals surface area contributed by atoms with Crippen molar-refractivity contribution in [1.29, 1.82) is 0 Å². The molecule has 0 spiro atoms. The van der Waals surface area contributed by atoms with E-state index in [1.807, 2.05) is 0 Å². The summed E-state index contributed by atoms with van der Waals surface area (Å²) in [7, 11) is 0. The summed E-state index contributed by atoms with van der Waals surface area (Å²) in [5.41, 5.74) is 2.95. The van der Waals surface area contributed by atoms with Crippen LogP contribution < -0.4 is 5.32 Å². The van der Waals surface area contributed by atoms with Crippen LogP contribution in [0.3, 0.4) is 0 Å². The van der Waals surface area contributed by atoms with Gasteiger partial charge in [0, 0.05) is 6.04 Å². The fourth-order valence-corrected chi connectivity index (χ4v) is 2.27. The molecule has 0 aliphatic heterocycles. The fraction of sp³-hybridized carbons (Fsp3) is 0.625. The summed E-state index contributed by atoms with van der Waals surface area (Å²) in [5, 5.41) is 3.68. The highest BCUT2D eigenvalue weighted by Gasteiger charge is 2.23. The first kappa shape index (κ1) is 12.6. The largest absolute Gasteiger partial charge is 0.314 e. The van der Waals surface area contributed by atoms with Crippen molar-refractivity contribution in [1.82, 2.24) is 5.32 Å². The van der Waals surface area contributed by atoms with Gasteiger partial charge in [0.1, 0.15) is 0 Å². The molecule has 0 bridgehead atoms. The van der Waals surface area contributed by atoms with Crippen molar-refractivity contribution in [3.8, 4) is 0 Å². The van der Waals surface area contributed by atoms with E-state index in [-0.39, 0.29) is 0 Å². The van der Waals surface area contributed by atoms with Gasteiger partial charge in [-0.3, -0.25) is 0 Å². The summed E-state index contributed by atoms with van der Waals surface area (Å²) >= 11 is 0. The number of hydrogen-bond acceptors (Lipinski definition) is 1. The van der Waals surface area contributed by atoms with E-state index in [0.717, 1.165) is 17.9 Å². The maximum atomic E-state index is 3.68. The van der Waals surface area contributed by atoms with Gasteiger partial charge in [-0.15, -0.1) is 0 Å². The molecule has 0 saturated heterocycles. The number of rotatable bonds is 6. The Morgan fingerprint density at radius 3 is 2.53 bits per heavy atom. The summed E-state index contributed by atoms with van der Waals surface area (Å²) < 4.78 is 0. The normalized spacial score (nSPS) is 17.4. The molecule has 1 saturated carbocycles. The van der Waals surface area contributed by atoms with Crippen molar-refractivity contribution in [2.75, 3.05) is 6.54 Å². The molecule has 1 aromatic rings. The third-order valence-corrected chi connectivity index (χ3v) is 3.93. The minimum absolute atomic E-state index is 0.751. The minimum atomic E-state index is 0.751. The van der Waals surface area contributed by atoms with E-state index in [2.05, 4.69) is 50.4 Å². The van der Waals surface area contributed by atoms with Crippen molar-refractivity contribution in [2.24, 2.45) is 11.8 Å². The van der Waals surface area contributed by atoms with Crippen LogP contribution in [0.15, 0.2) is 24.3 Å². The third kappa shape index (κ3) is 3.85. The fourth-order valence-electron chi connectivity index (χ4n) is 2.27. The lowest BCUT2D eigenvalue weighted by Crippen LogP contribution is -2.29.